The molecule has 0 aliphatic rings. The quantitative estimate of drug-likeness (QED) is 0.866. The Bertz CT molecular complexity index is 715. The molecule has 8 heteroatoms. The van der Waals surface area contributed by atoms with Crippen LogP contribution in [0.15, 0.2) is 28.8 Å². The summed E-state index contributed by atoms with van der Waals surface area (Å²) < 4.78 is 27.3. The number of nitrogens with zero attached hydrogens (tertiary/aromatic N) is 2. The Balaban J connectivity index is 2.01. The molecule has 6 nitrogen and oxygen atoms in total. The summed E-state index contributed by atoms with van der Waals surface area (Å²) in [5, 5.41) is 4.49. The van der Waals surface area contributed by atoms with E-state index in [1.807, 2.05) is 18.2 Å². The summed E-state index contributed by atoms with van der Waals surface area (Å²) in [4.78, 5) is 4.20. The number of rotatable bonds is 6. The fourth-order valence-corrected chi connectivity index (χ4v) is 2.68. The Labute approximate surface area is 128 Å². The lowest BCUT2D eigenvalue weighted by molar-refractivity contribution is 0.349. The maximum Gasteiger partial charge on any atom is 0.243 e. The van der Waals surface area contributed by atoms with E-state index in [1.54, 1.807) is 6.07 Å². The van der Waals surface area contributed by atoms with E-state index in [4.69, 9.17) is 21.9 Å². The summed E-state index contributed by atoms with van der Waals surface area (Å²) in [6.45, 7) is 0. The summed E-state index contributed by atoms with van der Waals surface area (Å²) in [5.41, 5.74) is 6.81. The number of nitrogens with two attached hydrogens (primary N) is 1. The average Bonchev–Trinajstić information content (AvgIpc) is 2.83. The van der Waals surface area contributed by atoms with E-state index in [-0.39, 0.29) is 18.1 Å². The monoisotopic (exact) mass is 329 g/mol. The smallest absolute Gasteiger partial charge is 0.243 e. The molecule has 114 valence electrons. The van der Waals surface area contributed by atoms with Crippen molar-refractivity contribution in [3.8, 4) is 0 Å². The molecule has 0 fully saturated rings. The fourth-order valence-electron chi connectivity index (χ4n) is 1.78. The van der Waals surface area contributed by atoms with E-state index in [2.05, 4.69) is 10.1 Å². The molecule has 0 radical (unpaired) electrons. The van der Waals surface area contributed by atoms with Gasteiger partial charge in [-0.3, -0.25) is 0 Å². The maximum atomic E-state index is 11.1. The first-order chi connectivity index (χ1) is 9.83. The molecular formula is C13H16ClN3O3S. The molecule has 1 atom stereocenters. The molecule has 2 rings (SSSR count). The van der Waals surface area contributed by atoms with Crippen molar-refractivity contribution in [2.75, 3.05) is 12.0 Å². The lowest BCUT2D eigenvalue weighted by Gasteiger charge is -2.04. The molecule has 1 heterocycles. The van der Waals surface area contributed by atoms with E-state index in [0.717, 1.165) is 11.8 Å². The minimum atomic E-state index is -3.06. The summed E-state index contributed by atoms with van der Waals surface area (Å²) in [7, 11) is -3.06. The summed E-state index contributed by atoms with van der Waals surface area (Å²) >= 11 is 5.91. The largest absolute Gasteiger partial charge is 0.338 e. The molecule has 1 aromatic carbocycles. The molecule has 0 aliphatic carbocycles. The van der Waals surface area contributed by atoms with Crippen LogP contribution in [-0.2, 0) is 16.3 Å². The molecular weight excluding hydrogens is 314 g/mol. The van der Waals surface area contributed by atoms with Crippen LogP contribution in [-0.4, -0.2) is 30.6 Å². The van der Waals surface area contributed by atoms with Gasteiger partial charge in [0.1, 0.15) is 9.84 Å². The van der Waals surface area contributed by atoms with Crippen molar-refractivity contribution in [1.82, 2.24) is 10.1 Å². The van der Waals surface area contributed by atoms with Crippen molar-refractivity contribution in [3.05, 3.63) is 46.6 Å². The Morgan fingerprint density at radius 2 is 2.19 bits per heavy atom. The molecule has 1 aromatic heterocycles. The van der Waals surface area contributed by atoms with Crippen LogP contribution < -0.4 is 5.73 Å². The van der Waals surface area contributed by atoms with Crippen LogP contribution >= 0.6 is 11.6 Å². The van der Waals surface area contributed by atoms with Crippen molar-refractivity contribution >= 4 is 21.4 Å². The van der Waals surface area contributed by atoms with Crippen molar-refractivity contribution in [1.29, 1.82) is 0 Å². The molecule has 0 saturated carbocycles. The molecule has 21 heavy (non-hydrogen) atoms. The number of hydrogen-bond donors (Lipinski definition) is 1. The molecule has 1 unspecified atom stereocenters. The molecule has 0 bridgehead atoms. The van der Waals surface area contributed by atoms with Crippen molar-refractivity contribution in [2.45, 2.75) is 18.9 Å². The normalized spacial score (nSPS) is 13.3. The van der Waals surface area contributed by atoms with Crippen LogP contribution in [0.1, 0.15) is 29.7 Å². The number of sulfone groups is 1. The number of hydrogen-bond acceptors (Lipinski definition) is 6. The van der Waals surface area contributed by atoms with E-state index in [0.29, 0.717) is 17.3 Å². The second-order valence-electron chi connectivity index (χ2n) is 4.88. The molecule has 0 aliphatic heterocycles. The van der Waals surface area contributed by atoms with Gasteiger partial charge in [0.2, 0.25) is 5.89 Å². The highest BCUT2D eigenvalue weighted by Crippen LogP contribution is 2.16. The van der Waals surface area contributed by atoms with Gasteiger partial charge in [-0.1, -0.05) is 28.9 Å². The highest BCUT2D eigenvalue weighted by atomic mass is 35.5. The van der Waals surface area contributed by atoms with Gasteiger partial charge in [-0.15, -0.1) is 0 Å². The summed E-state index contributed by atoms with van der Waals surface area (Å²) in [5.74, 6) is 0.720. The standard InChI is InChI=1S/C13H16ClN3O3S/c1-21(18,19)6-5-11(15)13-16-12(17-20-13)8-9-3-2-4-10(14)7-9/h2-4,7,11H,5-6,8,15H2,1H3. The Morgan fingerprint density at radius 1 is 1.43 bits per heavy atom. The third kappa shape index (κ3) is 5.11. The highest BCUT2D eigenvalue weighted by Gasteiger charge is 2.17. The minimum absolute atomic E-state index is 0.0137. The van der Waals surface area contributed by atoms with Gasteiger partial charge in [-0.05, 0) is 24.1 Å². The predicted molar refractivity (Wildman–Crippen MR) is 79.8 cm³/mol. The Hall–Kier alpha value is -1.44. The van der Waals surface area contributed by atoms with Crippen molar-refractivity contribution in [3.63, 3.8) is 0 Å². The molecule has 2 N–H and O–H groups in total. The minimum Gasteiger partial charge on any atom is -0.338 e. The average molecular weight is 330 g/mol. The van der Waals surface area contributed by atoms with Gasteiger partial charge >= 0.3 is 0 Å². The van der Waals surface area contributed by atoms with E-state index >= 15 is 0 Å². The third-order valence-corrected chi connectivity index (χ3v) is 4.06. The maximum absolute atomic E-state index is 11.1. The zero-order valence-corrected chi connectivity index (χ0v) is 13.1. The van der Waals surface area contributed by atoms with E-state index in [1.165, 1.54) is 0 Å². The first-order valence-corrected chi connectivity index (χ1v) is 8.77. The van der Waals surface area contributed by atoms with Crippen LogP contribution in [0.5, 0.6) is 0 Å². The van der Waals surface area contributed by atoms with Gasteiger partial charge in [-0.25, -0.2) is 8.42 Å². The van der Waals surface area contributed by atoms with Gasteiger partial charge in [0.15, 0.2) is 5.82 Å². The number of benzene rings is 1. The summed E-state index contributed by atoms with van der Waals surface area (Å²) in [6, 6.07) is 6.78. The van der Waals surface area contributed by atoms with Gasteiger partial charge in [0, 0.05) is 17.7 Å². The molecule has 2 aromatic rings. The van der Waals surface area contributed by atoms with Gasteiger partial charge < -0.3 is 10.3 Å². The topological polar surface area (TPSA) is 99.1 Å². The highest BCUT2D eigenvalue weighted by molar-refractivity contribution is 7.90. The lowest BCUT2D eigenvalue weighted by Crippen LogP contribution is -2.16. The molecule has 0 amide bonds. The molecule has 0 saturated heterocycles. The third-order valence-electron chi connectivity index (χ3n) is 2.85. The zero-order chi connectivity index (χ0) is 15.5. The van der Waals surface area contributed by atoms with Crippen molar-refractivity contribution < 1.29 is 12.9 Å². The fraction of sp³-hybridized carbons (Fsp3) is 0.385. The lowest BCUT2D eigenvalue weighted by atomic mass is 10.1. The van der Waals surface area contributed by atoms with Crippen LogP contribution in [0.4, 0.5) is 0 Å². The summed E-state index contributed by atoms with van der Waals surface area (Å²) in [6.07, 6.45) is 1.89. The van der Waals surface area contributed by atoms with Crippen LogP contribution in [0.25, 0.3) is 0 Å². The Morgan fingerprint density at radius 3 is 2.86 bits per heavy atom. The van der Waals surface area contributed by atoms with Gasteiger partial charge in [0.25, 0.3) is 0 Å². The van der Waals surface area contributed by atoms with Gasteiger partial charge in [-0.2, -0.15) is 4.98 Å². The van der Waals surface area contributed by atoms with Gasteiger partial charge in [0.05, 0.1) is 11.8 Å². The van der Waals surface area contributed by atoms with Crippen LogP contribution in [0.3, 0.4) is 0 Å². The van der Waals surface area contributed by atoms with Crippen LogP contribution in [0, 0.1) is 0 Å². The number of halogens is 1. The molecule has 0 spiro atoms. The van der Waals surface area contributed by atoms with Crippen LogP contribution in [0.2, 0.25) is 5.02 Å². The first kappa shape index (κ1) is 15.9. The second kappa shape index (κ2) is 6.55. The predicted octanol–water partition coefficient (Wildman–Crippen LogP) is 1.75. The zero-order valence-electron chi connectivity index (χ0n) is 11.5. The first-order valence-electron chi connectivity index (χ1n) is 6.34. The van der Waals surface area contributed by atoms with E-state index < -0.39 is 15.9 Å². The van der Waals surface area contributed by atoms with Crippen molar-refractivity contribution in [2.24, 2.45) is 5.73 Å². The number of aromatic nitrogens is 2. The Kier molecular flexibility index (Phi) is 4.97. The second-order valence-corrected chi connectivity index (χ2v) is 7.58. The SMILES string of the molecule is CS(=O)(=O)CCC(N)c1nc(Cc2cccc(Cl)c2)no1. The van der Waals surface area contributed by atoms with E-state index in [9.17, 15) is 8.42 Å².